The summed E-state index contributed by atoms with van der Waals surface area (Å²) in [6.07, 6.45) is 0.925. The average molecular weight is 307 g/mol. The zero-order valence-electron chi connectivity index (χ0n) is 7.02. The van der Waals surface area contributed by atoms with Crippen molar-refractivity contribution in [3.8, 4) is 0 Å². The zero-order chi connectivity index (χ0) is 9.26. The van der Waals surface area contributed by atoms with E-state index in [1.54, 1.807) is 0 Å². The van der Waals surface area contributed by atoms with Crippen molar-refractivity contribution in [1.29, 1.82) is 0 Å². The number of nitrogens with zero attached hydrogens (tertiary/aromatic N) is 1. The Hall–Kier alpha value is 0.0700. The molecule has 2 heterocycles. The van der Waals surface area contributed by atoms with Crippen LogP contribution in [0.2, 0.25) is 0 Å². The predicted molar refractivity (Wildman–Crippen MR) is 57.9 cm³/mol. The van der Waals surface area contributed by atoms with Crippen LogP contribution < -0.4 is 0 Å². The van der Waals surface area contributed by atoms with E-state index in [9.17, 15) is 0 Å². The summed E-state index contributed by atoms with van der Waals surface area (Å²) in [6.45, 7) is 1.49. The third kappa shape index (κ3) is 1.95. The maximum atomic E-state index is 5.40. The molecule has 0 radical (unpaired) electrons. The molecule has 0 atom stereocenters. The van der Waals surface area contributed by atoms with Gasteiger partial charge >= 0.3 is 0 Å². The van der Waals surface area contributed by atoms with E-state index in [1.165, 1.54) is 16.8 Å². The molecular weight excluding hydrogens is 298 g/mol. The molecule has 2 rings (SSSR count). The molecule has 1 aliphatic heterocycles. The SMILES string of the molecule is BrCc1cc(Br)nc2c1COCC2. The van der Waals surface area contributed by atoms with Gasteiger partial charge in [0.15, 0.2) is 0 Å². The van der Waals surface area contributed by atoms with Crippen molar-refractivity contribution < 1.29 is 4.74 Å². The van der Waals surface area contributed by atoms with Crippen molar-refractivity contribution in [2.45, 2.75) is 18.4 Å². The molecule has 1 aliphatic rings. The van der Waals surface area contributed by atoms with E-state index in [4.69, 9.17) is 4.74 Å². The Kier molecular flexibility index (Phi) is 3.01. The van der Waals surface area contributed by atoms with E-state index < -0.39 is 0 Å². The average Bonchev–Trinajstić information content (AvgIpc) is 2.16. The molecule has 0 amide bonds. The predicted octanol–water partition coefficient (Wildman–Crippen LogP) is 2.81. The minimum atomic E-state index is 0.705. The number of rotatable bonds is 1. The Morgan fingerprint density at radius 2 is 2.38 bits per heavy atom. The van der Waals surface area contributed by atoms with Gasteiger partial charge in [-0.25, -0.2) is 4.98 Å². The van der Waals surface area contributed by atoms with Crippen LogP contribution in [0.25, 0.3) is 0 Å². The minimum Gasteiger partial charge on any atom is -0.376 e. The molecule has 0 unspecified atom stereocenters. The molecule has 13 heavy (non-hydrogen) atoms. The summed E-state index contributed by atoms with van der Waals surface area (Å²) < 4.78 is 6.32. The van der Waals surface area contributed by atoms with Crippen LogP contribution in [0.15, 0.2) is 10.7 Å². The highest BCUT2D eigenvalue weighted by molar-refractivity contribution is 9.10. The lowest BCUT2D eigenvalue weighted by Crippen LogP contribution is -2.13. The van der Waals surface area contributed by atoms with E-state index >= 15 is 0 Å². The first-order valence-corrected chi connectivity index (χ1v) is 6.03. The fraction of sp³-hybridized carbons (Fsp3) is 0.444. The van der Waals surface area contributed by atoms with E-state index in [0.29, 0.717) is 6.61 Å². The molecule has 1 aromatic rings. The quantitative estimate of drug-likeness (QED) is 0.588. The van der Waals surface area contributed by atoms with Crippen molar-refractivity contribution in [2.75, 3.05) is 6.61 Å². The standard InChI is InChI=1S/C9H9Br2NO/c10-4-6-3-9(11)12-8-1-2-13-5-7(6)8/h3H,1-2,4-5H2. The van der Waals surface area contributed by atoms with Crippen LogP contribution in [0.3, 0.4) is 0 Å². The van der Waals surface area contributed by atoms with Crippen molar-refractivity contribution in [2.24, 2.45) is 0 Å². The lowest BCUT2D eigenvalue weighted by Gasteiger charge is -2.18. The number of aromatic nitrogens is 1. The number of pyridine rings is 1. The third-order valence-corrected chi connectivity index (χ3v) is 3.15. The molecule has 0 aliphatic carbocycles. The maximum Gasteiger partial charge on any atom is 0.106 e. The van der Waals surface area contributed by atoms with E-state index in [0.717, 1.165) is 23.0 Å². The number of hydrogen-bond donors (Lipinski definition) is 0. The summed E-state index contributed by atoms with van der Waals surface area (Å²) in [7, 11) is 0. The molecule has 4 heteroatoms. The van der Waals surface area contributed by atoms with Crippen LogP contribution in [0.5, 0.6) is 0 Å². The Bertz CT molecular complexity index is 310. The minimum absolute atomic E-state index is 0.705. The Morgan fingerprint density at radius 3 is 3.15 bits per heavy atom. The molecule has 1 aromatic heterocycles. The van der Waals surface area contributed by atoms with Gasteiger partial charge in [-0.1, -0.05) is 15.9 Å². The molecule has 70 valence electrons. The second-order valence-electron chi connectivity index (χ2n) is 2.97. The van der Waals surface area contributed by atoms with E-state index in [2.05, 4.69) is 36.8 Å². The highest BCUT2D eigenvalue weighted by Gasteiger charge is 2.15. The van der Waals surface area contributed by atoms with Gasteiger partial charge in [-0.2, -0.15) is 0 Å². The fourth-order valence-corrected chi connectivity index (χ4v) is 2.48. The van der Waals surface area contributed by atoms with Gasteiger partial charge in [0.1, 0.15) is 4.60 Å². The molecule has 0 N–H and O–H groups in total. The van der Waals surface area contributed by atoms with Crippen LogP contribution in [0, 0.1) is 0 Å². The number of hydrogen-bond acceptors (Lipinski definition) is 2. The highest BCUT2D eigenvalue weighted by atomic mass is 79.9. The van der Waals surface area contributed by atoms with Gasteiger partial charge in [-0.3, -0.25) is 0 Å². The van der Waals surface area contributed by atoms with Gasteiger partial charge < -0.3 is 4.74 Å². The molecule has 0 saturated heterocycles. The van der Waals surface area contributed by atoms with Crippen LogP contribution in [-0.2, 0) is 23.1 Å². The second kappa shape index (κ2) is 4.07. The Morgan fingerprint density at radius 1 is 1.54 bits per heavy atom. The molecule has 0 aromatic carbocycles. The Balaban J connectivity index is 2.50. The zero-order valence-corrected chi connectivity index (χ0v) is 10.2. The summed E-state index contributed by atoms with van der Waals surface area (Å²) in [4.78, 5) is 4.44. The van der Waals surface area contributed by atoms with Crippen molar-refractivity contribution >= 4 is 31.9 Å². The molecule has 2 nitrogen and oxygen atoms in total. The van der Waals surface area contributed by atoms with E-state index in [1.807, 2.05) is 6.07 Å². The third-order valence-electron chi connectivity index (χ3n) is 2.14. The summed E-state index contributed by atoms with van der Waals surface area (Å²) >= 11 is 6.88. The van der Waals surface area contributed by atoms with Crippen molar-refractivity contribution in [1.82, 2.24) is 4.98 Å². The lowest BCUT2D eigenvalue weighted by molar-refractivity contribution is 0.108. The largest absolute Gasteiger partial charge is 0.376 e. The highest BCUT2D eigenvalue weighted by Crippen LogP contribution is 2.24. The fourth-order valence-electron chi connectivity index (χ4n) is 1.49. The smallest absolute Gasteiger partial charge is 0.106 e. The first-order chi connectivity index (χ1) is 6.31. The topological polar surface area (TPSA) is 22.1 Å². The van der Waals surface area contributed by atoms with Crippen LogP contribution in [0.1, 0.15) is 16.8 Å². The molecule has 0 fully saturated rings. The van der Waals surface area contributed by atoms with Gasteiger partial charge in [0.05, 0.1) is 13.2 Å². The van der Waals surface area contributed by atoms with Gasteiger partial charge in [-0.15, -0.1) is 0 Å². The first kappa shape index (κ1) is 9.62. The van der Waals surface area contributed by atoms with Gasteiger partial charge in [0.25, 0.3) is 0 Å². The van der Waals surface area contributed by atoms with Crippen LogP contribution >= 0.6 is 31.9 Å². The van der Waals surface area contributed by atoms with Gasteiger partial charge in [0, 0.05) is 23.0 Å². The number of ether oxygens (including phenoxy) is 1. The monoisotopic (exact) mass is 305 g/mol. The van der Waals surface area contributed by atoms with Gasteiger partial charge in [0.2, 0.25) is 0 Å². The second-order valence-corrected chi connectivity index (χ2v) is 4.34. The van der Waals surface area contributed by atoms with Crippen molar-refractivity contribution in [3.63, 3.8) is 0 Å². The molecule has 0 saturated carbocycles. The maximum absolute atomic E-state index is 5.40. The molecule has 0 spiro atoms. The van der Waals surface area contributed by atoms with E-state index in [-0.39, 0.29) is 0 Å². The molecule has 0 bridgehead atoms. The number of alkyl halides is 1. The van der Waals surface area contributed by atoms with Crippen molar-refractivity contribution in [3.05, 3.63) is 27.5 Å². The number of fused-ring (bicyclic) bond motifs is 1. The summed E-state index contributed by atoms with van der Waals surface area (Å²) in [6, 6.07) is 2.04. The lowest BCUT2D eigenvalue weighted by atomic mass is 10.1. The summed E-state index contributed by atoms with van der Waals surface area (Å²) in [5.74, 6) is 0. The first-order valence-electron chi connectivity index (χ1n) is 4.12. The Labute approximate surface area is 94.0 Å². The molecular formula is C9H9Br2NO. The normalized spacial score (nSPS) is 15.5. The van der Waals surface area contributed by atoms with Gasteiger partial charge in [-0.05, 0) is 27.6 Å². The summed E-state index contributed by atoms with van der Waals surface area (Å²) in [5, 5.41) is 0.861. The van der Waals surface area contributed by atoms with Crippen LogP contribution in [0.4, 0.5) is 0 Å². The number of halogens is 2. The van der Waals surface area contributed by atoms with Crippen LogP contribution in [-0.4, -0.2) is 11.6 Å². The summed E-state index contributed by atoms with van der Waals surface area (Å²) in [5.41, 5.74) is 3.71.